The second-order valence-electron chi connectivity index (χ2n) is 5.11. The molecule has 124 valence electrons. The van der Waals surface area contributed by atoms with Crippen molar-refractivity contribution in [3.8, 4) is 0 Å². The standard InChI is InChI=1S/C15H20F3NO3/c1-9(2)22-6-4-5-10-7-11(14(20)21-3)13(19)8-12(10)15(16,17)18/h7-9H,4-6,19H2,1-3H3. The van der Waals surface area contributed by atoms with Crippen LogP contribution in [0.5, 0.6) is 0 Å². The summed E-state index contributed by atoms with van der Waals surface area (Å²) in [5, 5.41) is 0. The molecule has 0 spiro atoms. The number of aryl methyl sites for hydroxylation is 1. The molecule has 1 rings (SSSR count). The number of nitrogens with two attached hydrogens (primary N) is 1. The molecule has 0 amide bonds. The minimum absolute atomic E-state index is 0.00876. The first kappa shape index (κ1) is 18.3. The number of rotatable bonds is 6. The average Bonchev–Trinajstić information content (AvgIpc) is 2.42. The van der Waals surface area contributed by atoms with Crippen molar-refractivity contribution in [1.82, 2.24) is 0 Å². The lowest BCUT2D eigenvalue weighted by atomic mass is 9.98. The van der Waals surface area contributed by atoms with Crippen molar-refractivity contribution in [2.45, 2.75) is 39.0 Å². The Hall–Kier alpha value is -1.76. The highest BCUT2D eigenvalue weighted by Crippen LogP contribution is 2.35. The molecule has 22 heavy (non-hydrogen) atoms. The lowest BCUT2D eigenvalue weighted by Gasteiger charge is -2.16. The smallest absolute Gasteiger partial charge is 0.416 e. The molecular weight excluding hydrogens is 299 g/mol. The lowest BCUT2D eigenvalue weighted by Crippen LogP contribution is -2.15. The number of anilines is 1. The number of methoxy groups -OCH3 is 1. The fourth-order valence-corrected chi connectivity index (χ4v) is 2.00. The molecule has 0 aliphatic rings. The van der Waals surface area contributed by atoms with Crippen molar-refractivity contribution in [3.05, 3.63) is 28.8 Å². The van der Waals surface area contributed by atoms with E-state index in [1.165, 1.54) is 0 Å². The lowest BCUT2D eigenvalue weighted by molar-refractivity contribution is -0.138. The van der Waals surface area contributed by atoms with Crippen LogP contribution in [-0.2, 0) is 22.1 Å². The summed E-state index contributed by atoms with van der Waals surface area (Å²) in [4.78, 5) is 11.6. The maximum absolute atomic E-state index is 13.1. The van der Waals surface area contributed by atoms with E-state index < -0.39 is 17.7 Å². The molecule has 1 aromatic rings. The summed E-state index contributed by atoms with van der Waals surface area (Å²) in [6, 6.07) is 1.93. The fourth-order valence-electron chi connectivity index (χ4n) is 2.00. The monoisotopic (exact) mass is 319 g/mol. The average molecular weight is 319 g/mol. The Bertz CT molecular complexity index is 527. The number of benzene rings is 1. The quantitative estimate of drug-likeness (QED) is 0.496. The van der Waals surface area contributed by atoms with Crippen molar-refractivity contribution in [2.75, 3.05) is 19.5 Å². The highest BCUT2D eigenvalue weighted by atomic mass is 19.4. The zero-order valence-corrected chi connectivity index (χ0v) is 12.8. The predicted molar refractivity (Wildman–Crippen MR) is 76.6 cm³/mol. The first-order valence-corrected chi connectivity index (χ1v) is 6.86. The van der Waals surface area contributed by atoms with E-state index in [0.29, 0.717) is 13.0 Å². The van der Waals surface area contributed by atoms with Crippen LogP contribution in [0, 0.1) is 0 Å². The van der Waals surface area contributed by atoms with Gasteiger partial charge in [-0.2, -0.15) is 13.2 Å². The van der Waals surface area contributed by atoms with Crippen LogP contribution in [0.1, 0.15) is 41.8 Å². The third kappa shape index (κ3) is 4.91. The summed E-state index contributed by atoms with van der Waals surface area (Å²) >= 11 is 0. The second kappa shape index (κ2) is 7.49. The summed E-state index contributed by atoms with van der Waals surface area (Å²) < 4.78 is 49.1. The zero-order chi connectivity index (χ0) is 16.9. The first-order chi connectivity index (χ1) is 10.2. The van der Waals surface area contributed by atoms with E-state index in [1.54, 1.807) is 0 Å². The number of hydrogen-bond acceptors (Lipinski definition) is 4. The molecule has 0 unspecified atom stereocenters. The molecule has 7 heteroatoms. The van der Waals surface area contributed by atoms with E-state index in [1.807, 2.05) is 13.8 Å². The SMILES string of the molecule is COC(=O)c1cc(CCCOC(C)C)c(C(F)(F)F)cc1N. The summed E-state index contributed by atoms with van der Waals surface area (Å²) in [6.07, 6.45) is -3.98. The van der Waals surface area contributed by atoms with Crippen LogP contribution in [0.3, 0.4) is 0 Å². The largest absolute Gasteiger partial charge is 0.465 e. The number of halogens is 3. The summed E-state index contributed by atoms with van der Waals surface area (Å²) in [5.41, 5.74) is 4.40. The Morgan fingerprint density at radius 1 is 1.32 bits per heavy atom. The van der Waals surface area contributed by atoms with Crippen LogP contribution in [-0.4, -0.2) is 25.8 Å². The van der Waals surface area contributed by atoms with Gasteiger partial charge in [-0.15, -0.1) is 0 Å². The first-order valence-electron chi connectivity index (χ1n) is 6.86. The zero-order valence-electron chi connectivity index (χ0n) is 12.8. The van der Waals surface area contributed by atoms with Crippen LogP contribution in [0.4, 0.5) is 18.9 Å². The molecule has 0 aromatic heterocycles. The third-order valence-corrected chi connectivity index (χ3v) is 3.03. The van der Waals surface area contributed by atoms with E-state index >= 15 is 0 Å². The van der Waals surface area contributed by atoms with Crippen molar-refractivity contribution in [1.29, 1.82) is 0 Å². The molecule has 0 saturated heterocycles. The Morgan fingerprint density at radius 3 is 2.45 bits per heavy atom. The molecule has 4 nitrogen and oxygen atoms in total. The summed E-state index contributed by atoms with van der Waals surface area (Å²) in [6.45, 7) is 4.03. The van der Waals surface area contributed by atoms with Gasteiger partial charge in [0.25, 0.3) is 0 Å². The molecule has 0 atom stereocenters. The molecule has 0 radical (unpaired) electrons. The maximum atomic E-state index is 13.1. The molecule has 0 aliphatic carbocycles. The second-order valence-corrected chi connectivity index (χ2v) is 5.11. The van der Waals surface area contributed by atoms with Gasteiger partial charge < -0.3 is 15.2 Å². The van der Waals surface area contributed by atoms with Gasteiger partial charge in [0.05, 0.1) is 24.3 Å². The number of esters is 1. The normalized spacial score (nSPS) is 11.8. The van der Waals surface area contributed by atoms with Crippen LogP contribution < -0.4 is 5.73 Å². The van der Waals surface area contributed by atoms with E-state index in [2.05, 4.69) is 4.74 Å². The third-order valence-electron chi connectivity index (χ3n) is 3.03. The summed E-state index contributed by atoms with van der Waals surface area (Å²) in [7, 11) is 1.15. The van der Waals surface area contributed by atoms with E-state index in [-0.39, 0.29) is 29.3 Å². The van der Waals surface area contributed by atoms with E-state index in [0.717, 1.165) is 19.2 Å². The van der Waals surface area contributed by atoms with Crippen LogP contribution >= 0.6 is 0 Å². The Balaban J connectivity index is 3.06. The van der Waals surface area contributed by atoms with Gasteiger partial charge in [-0.05, 0) is 44.4 Å². The number of carbonyl (C=O) groups is 1. The van der Waals surface area contributed by atoms with Crippen LogP contribution in [0.2, 0.25) is 0 Å². The Labute approximate surface area is 127 Å². The topological polar surface area (TPSA) is 61.5 Å². The van der Waals surface area contributed by atoms with Gasteiger partial charge >= 0.3 is 12.1 Å². The highest BCUT2D eigenvalue weighted by Gasteiger charge is 2.34. The molecule has 0 aliphatic heterocycles. The number of nitrogen functional groups attached to an aromatic ring is 1. The number of ether oxygens (including phenoxy) is 2. The van der Waals surface area contributed by atoms with E-state index in [9.17, 15) is 18.0 Å². The maximum Gasteiger partial charge on any atom is 0.416 e. The minimum Gasteiger partial charge on any atom is -0.465 e. The van der Waals surface area contributed by atoms with Crippen molar-refractivity contribution in [3.63, 3.8) is 0 Å². The van der Waals surface area contributed by atoms with Crippen LogP contribution in [0.25, 0.3) is 0 Å². The summed E-state index contributed by atoms with van der Waals surface area (Å²) in [5.74, 6) is -0.758. The fraction of sp³-hybridized carbons (Fsp3) is 0.533. The van der Waals surface area contributed by atoms with E-state index in [4.69, 9.17) is 10.5 Å². The number of carbonyl (C=O) groups excluding carboxylic acids is 1. The van der Waals surface area contributed by atoms with Crippen molar-refractivity contribution >= 4 is 11.7 Å². The Morgan fingerprint density at radius 2 is 1.95 bits per heavy atom. The van der Waals surface area contributed by atoms with Gasteiger partial charge in [-0.25, -0.2) is 4.79 Å². The van der Waals surface area contributed by atoms with Gasteiger partial charge in [0.2, 0.25) is 0 Å². The molecular formula is C15H20F3NO3. The van der Waals surface area contributed by atoms with Gasteiger partial charge in [0.15, 0.2) is 0 Å². The van der Waals surface area contributed by atoms with Gasteiger partial charge in [-0.3, -0.25) is 0 Å². The Kier molecular flexibility index (Phi) is 6.22. The molecule has 0 bridgehead atoms. The van der Waals surface area contributed by atoms with Gasteiger partial charge in [0.1, 0.15) is 0 Å². The molecule has 2 N–H and O–H groups in total. The number of hydrogen-bond donors (Lipinski definition) is 1. The number of alkyl halides is 3. The molecule has 1 aromatic carbocycles. The molecule has 0 fully saturated rings. The van der Waals surface area contributed by atoms with Crippen molar-refractivity contribution < 1.29 is 27.4 Å². The van der Waals surface area contributed by atoms with Gasteiger partial charge in [-0.1, -0.05) is 0 Å². The highest BCUT2D eigenvalue weighted by molar-refractivity contribution is 5.95. The molecule has 0 heterocycles. The van der Waals surface area contributed by atoms with Gasteiger partial charge in [0, 0.05) is 12.3 Å². The predicted octanol–water partition coefficient (Wildman–Crippen LogP) is 3.43. The minimum atomic E-state index is -4.53. The molecule has 0 saturated carbocycles. The van der Waals surface area contributed by atoms with Crippen molar-refractivity contribution in [2.24, 2.45) is 0 Å². The van der Waals surface area contributed by atoms with Crippen LogP contribution in [0.15, 0.2) is 12.1 Å².